The summed E-state index contributed by atoms with van der Waals surface area (Å²) in [5, 5.41) is 12.1. The van der Waals surface area contributed by atoms with Crippen LogP contribution in [0.3, 0.4) is 0 Å². The molecule has 0 saturated heterocycles. The van der Waals surface area contributed by atoms with Crippen LogP contribution >= 0.6 is 11.3 Å². The molecule has 2 N–H and O–H groups in total. The summed E-state index contributed by atoms with van der Waals surface area (Å²) in [6, 6.07) is 1.77. The average Bonchev–Trinajstić information content (AvgIpc) is 3.20. The number of rotatable bonds is 7. The molecule has 2 heterocycles. The van der Waals surface area contributed by atoms with Gasteiger partial charge in [0, 0.05) is 29.0 Å². The second-order valence-electron chi connectivity index (χ2n) is 7.25. The van der Waals surface area contributed by atoms with Crippen LogP contribution < -0.4 is 10.1 Å². The van der Waals surface area contributed by atoms with Crippen molar-refractivity contribution in [2.24, 2.45) is 0 Å². The quantitative estimate of drug-likeness (QED) is 0.485. The highest BCUT2D eigenvalue weighted by Crippen LogP contribution is 2.33. The minimum Gasteiger partial charge on any atom is -0.488 e. The molecule has 0 aliphatic carbocycles. The Morgan fingerprint density at radius 1 is 1.18 bits per heavy atom. The van der Waals surface area contributed by atoms with E-state index < -0.39 is 35.9 Å². The molecule has 2 aromatic heterocycles. The third-order valence-corrected chi connectivity index (χ3v) is 5.46. The molecule has 2 atom stereocenters. The summed E-state index contributed by atoms with van der Waals surface area (Å²) in [5.74, 6) is -2.81. The highest BCUT2D eigenvalue weighted by molar-refractivity contribution is 7.14. The summed E-state index contributed by atoms with van der Waals surface area (Å²) in [7, 11) is 0. The Kier molecular flexibility index (Phi) is 7.28. The van der Waals surface area contributed by atoms with Gasteiger partial charge in [-0.15, -0.1) is 11.3 Å². The molecule has 0 spiro atoms. The van der Waals surface area contributed by atoms with Crippen LogP contribution in [-0.2, 0) is 6.18 Å². The number of carbonyl (C=O) groups is 1. The van der Waals surface area contributed by atoms with Crippen LogP contribution in [0.25, 0.3) is 10.6 Å². The minimum absolute atomic E-state index is 0.0476. The monoisotopic (exact) mass is 484 g/mol. The van der Waals surface area contributed by atoms with Crippen molar-refractivity contribution in [2.75, 3.05) is 6.61 Å². The lowest BCUT2D eigenvalue weighted by molar-refractivity contribution is -0.145. The van der Waals surface area contributed by atoms with Crippen molar-refractivity contribution in [2.45, 2.75) is 39.1 Å². The molecular formula is C21H20F4N4O3S. The van der Waals surface area contributed by atoms with E-state index in [1.807, 2.05) is 0 Å². The zero-order chi connectivity index (χ0) is 24.3. The summed E-state index contributed by atoms with van der Waals surface area (Å²) >= 11 is 1.23. The van der Waals surface area contributed by atoms with Crippen molar-refractivity contribution in [1.29, 1.82) is 0 Å². The van der Waals surface area contributed by atoms with Crippen LogP contribution in [0, 0.1) is 12.7 Å². The maximum absolute atomic E-state index is 15.3. The van der Waals surface area contributed by atoms with Crippen LogP contribution in [0.4, 0.5) is 17.6 Å². The van der Waals surface area contributed by atoms with Crippen LogP contribution in [0.2, 0.25) is 0 Å². The number of hydrogen-bond donors (Lipinski definition) is 2. The number of ether oxygens (including phenoxy) is 1. The van der Waals surface area contributed by atoms with Crippen LogP contribution in [0.5, 0.6) is 5.75 Å². The number of aromatic nitrogens is 3. The lowest BCUT2D eigenvalue weighted by atomic mass is 10.1. The van der Waals surface area contributed by atoms with E-state index in [9.17, 15) is 23.1 Å². The predicted octanol–water partition coefficient (Wildman–Crippen LogP) is 4.32. The van der Waals surface area contributed by atoms with E-state index in [1.165, 1.54) is 30.4 Å². The number of carbonyl (C=O) groups excluding carboxylic acids is 1. The van der Waals surface area contributed by atoms with Gasteiger partial charge in [-0.3, -0.25) is 4.79 Å². The predicted molar refractivity (Wildman–Crippen MR) is 112 cm³/mol. The van der Waals surface area contributed by atoms with Gasteiger partial charge in [0.25, 0.3) is 5.91 Å². The Labute approximate surface area is 190 Å². The van der Waals surface area contributed by atoms with Crippen molar-refractivity contribution < 1.29 is 32.2 Å². The molecule has 33 heavy (non-hydrogen) atoms. The summed E-state index contributed by atoms with van der Waals surface area (Å²) in [6.45, 7) is 4.61. The fourth-order valence-electron chi connectivity index (χ4n) is 2.80. The SMILES string of the molecule is Cc1cnc(-c2cc(OC(C)CO)cc(C(=O)NC(C)c3cnc(C(F)(F)F)nc3)c2F)s1. The number of aliphatic hydroxyl groups is 1. The average molecular weight is 484 g/mol. The van der Waals surface area contributed by atoms with Crippen LogP contribution in [-0.4, -0.2) is 38.7 Å². The zero-order valence-corrected chi connectivity index (χ0v) is 18.6. The highest BCUT2D eigenvalue weighted by Gasteiger charge is 2.34. The van der Waals surface area contributed by atoms with Gasteiger partial charge in [-0.2, -0.15) is 13.2 Å². The summed E-state index contributed by atoms with van der Waals surface area (Å²) in [4.78, 5) is 24.4. The van der Waals surface area contributed by atoms with Crippen molar-refractivity contribution in [1.82, 2.24) is 20.3 Å². The Balaban J connectivity index is 1.91. The number of aryl methyl sites for hydroxylation is 1. The van der Waals surface area contributed by atoms with E-state index in [2.05, 4.69) is 20.3 Å². The van der Waals surface area contributed by atoms with Crippen molar-refractivity contribution in [3.63, 3.8) is 0 Å². The first-order valence-electron chi connectivity index (χ1n) is 9.73. The van der Waals surface area contributed by atoms with Crippen molar-refractivity contribution >= 4 is 17.2 Å². The standard InChI is InChI=1S/C21H20F4N4O3S/c1-10(9-30)32-14-4-15(17(22)16(5-14)19-26-6-11(2)33-19)18(31)29-12(3)13-7-27-20(28-8-13)21(23,24)25/h4-8,10,12,30H,9H2,1-3H3,(H,29,31). The Morgan fingerprint density at radius 2 is 1.85 bits per heavy atom. The topological polar surface area (TPSA) is 97.2 Å². The Morgan fingerprint density at radius 3 is 2.39 bits per heavy atom. The van der Waals surface area contributed by atoms with E-state index in [4.69, 9.17) is 4.74 Å². The van der Waals surface area contributed by atoms with E-state index in [-0.39, 0.29) is 29.0 Å². The number of alkyl halides is 3. The summed E-state index contributed by atoms with van der Waals surface area (Å²) in [6.07, 6.45) is -1.84. The maximum atomic E-state index is 15.3. The number of aliphatic hydroxyl groups excluding tert-OH is 1. The fraction of sp³-hybridized carbons (Fsp3) is 0.333. The molecule has 12 heteroatoms. The molecule has 7 nitrogen and oxygen atoms in total. The third-order valence-electron chi connectivity index (χ3n) is 4.51. The Bertz CT molecular complexity index is 1140. The first kappa shape index (κ1) is 24.5. The smallest absolute Gasteiger partial charge is 0.451 e. The molecule has 0 radical (unpaired) electrons. The van der Waals surface area contributed by atoms with Gasteiger partial charge in [0.15, 0.2) is 0 Å². The molecule has 0 aliphatic rings. The van der Waals surface area contributed by atoms with Gasteiger partial charge in [0.05, 0.1) is 23.8 Å². The van der Waals surface area contributed by atoms with E-state index in [1.54, 1.807) is 20.0 Å². The van der Waals surface area contributed by atoms with Gasteiger partial charge in [0.1, 0.15) is 22.7 Å². The third kappa shape index (κ3) is 5.82. The fourth-order valence-corrected chi connectivity index (χ4v) is 3.58. The van der Waals surface area contributed by atoms with E-state index in [0.717, 1.165) is 17.3 Å². The molecule has 2 unspecified atom stereocenters. The lowest BCUT2D eigenvalue weighted by Gasteiger charge is -2.17. The minimum atomic E-state index is -4.69. The number of nitrogens with one attached hydrogen (secondary N) is 1. The molecule has 3 rings (SSSR count). The Hall–Kier alpha value is -3.12. The molecule has 0 fully saturated rings. The normalized spacial score (nSPS) is 13.5. The van der Waals surface area contributed by atoms with Gasteiger partial charge < -0.3 is 15.2 Å². The van der Waals surface area contributed by atoms with Gasteiger partial charge in [-0.25, -0.2) is 19.3 Å². The molecule has 0 aliphatic heterocycles. The van der Waals surface area contributed by atoms with Gasteiger partial charge in [-0.05, 0) is 32.9 Å². The molecule has 1 aromatic carbocycles. The molecular weight excluding hydrogens is 464 g/mol. The maximum Gasteiger partial charge on any atom is 0.451 e. The molecule has 0 bridgehead atoms. The molecule has 0 saturated carbocycles. The molecule has 1 amide bonds. The first-order valence-corrected chi connectivity index (χ1v) is 10.5. The van der Waals surface area contributed by atoms with E-state index >= 15 is 4.39 Å². The number of thiazole rings is 1. The number of benzene rings is 1. The van der Waals surface area contributed by atoms with Crippen molar-refractivity contribution in [3.8, 4) is 16.3 Å². The number of halogens is 4. The second kappa shape index (κ2) is 9.79. The van der Waals surface area contributed by atoms with Gasteiger partial charge in [0.2, 0.25) is 5.82 Å². The zero-order valence-electron chi connectivity index (χ0n) is 17.8. The number of hydrogen-bond acceptors (Lipinski definition) is 7. The lowest BCUT2D eigenvalue weighted by Crippen LogP contribution is -2.28. The first-order chi connectivity index (χ1) is 15.5. The van der Waals surface area contributed by atoms with Crippen LogP contribution in [0.15, 0.2) is 30.7 Å². The molecule has 176 valence electrons. The number of amides is 1. The molecule has 3 aromatic rings. The van der Waals surface area contributed by atoms with Crippen LogP contribution in [0.1, 0.15) is 46.5 Å². The van der Waals surface area contributed by atoms with Crippen molar-refractivity contribution in [3.05, 3.63) is 58.4 Å². The second-order valence-corrected chi connectivity index (χ2v) is 8.49. The van der Waals surface area contributed by atoms with Gasteiger partial charge in [-0.1, -0.05) is 0 Å². The van der Waals surface area contributed by atoms with Gasteiger partial charge >= 0.3 is 6.18 Å². The summed E-state index contributed by atoms with van der Waals surface area (Å²) in [5.41, 5.74) is -0.0968. The van der Waals surface area contributed by atoms with E-state index in [0.29, 0.717) is 5.01 Å². The number of nitrogens with zero attached hydrogens (tertiary/aromatic N) is 3. The summed E-state index contributed by atoms with van der Waals surface area (Å²) < 4.78 is 58.9. The largest absolute Gasteiger partial charge is 0.488 e. The highest BCUT2D eigenvalue weighted by atomic mass is 32.1.